The molecule has 0 aromatic heterocycles. The minimum atomic E-state index is -0.462. The molecule has 3 nitrogen and oxygen atoms in total. The first-order valence-corrected chi connectivity index (χ1v) is 5.49. The van der Waals surface area contributed by atoms with Crippen LogP contribution in [0.4, 0.5) is 0 Å². The van der Waals surface area contributed by atoms with Gasteiger partial charge in [-0.2, -0.15) is 0 Å². The van der Waals surface area contributed by atoms with Gasteiger partial charge in [-0.1, -0.05) is 30.3 Å². The maximum Gasteiger partial charge on any atom is 0.0914 e. The number of hydrogen-bond donors (Lipinski definition) is 3. The summed E-state index contributed by atoms with van der Waals surface area (Å²) in [6, 6.07) is 9.66. The van der Waals surface area contributed by atoms with Gasteiger partial charge in [0.25, 0.3) is 0 Å². The highest BCUT2D eigenvalue weighted by atomic mass is 16.3. The van der Waals surface area contributed by atoms with Crippen LogP contribution in [0.3, 0.4) is 0 Å². The van der Waals surface area contributed by atoms with E-state index < -0.39 is 6.10 Å². The highest BCUT2D eigenvalue weighted by Gasteiger charge is 2.28. The zero-order valence-electron chi connectivity index (χ0n) is 8.76. The van der Waals surface area contributed by atoms with Crippen molar-refractivity contribution >= 4 is 0 Å². The normalized spacial score (nSPS) is 19.9. The quantitative estimate of drug-likeness (QED) is 0.630. The van der Waals surface area contributed by atoms with Crippen molar-refractivity contribution in [2.75, 3.05) is 6.54 Å². The zero-order valence-corrected chi connectivity index (χ0v) is 8.76. The van der Waals surface area contributed by atoms with Crippen LogP contribution in [0.15, 0.2) is 30.3 Å². The van der Waals surface area contributed by atoms with Gasteiger partial charge in [0.1, 0.15) is 0 Å². The fraction of sp³-hybridized carbons (Fsp3) is 0.500. The second-order valence-corrected chi connectivity index (χ2v) is 4.20. The molecule has 1 aliphatic carbocycles. The van der Waals surface area contributed by atoms with E-state index in [-0.39, 0.29) is 6.17 Å². The summed E-state index contributed by atoms with van der Waals surface area (Å²) in [5.74, 6) is 0.618. The molecule has 82 valence electrons. The van der Waals surface area contributed by atoms with Gasteiger partial charge in [0.05, 0.1) is 12.3 Å². The maximum absolute atomic E-state index is 9.85. The van der Waals surface area contributed by atoms with Crippen molar-refractivity contribution in [1.82, 2.24) is 5.32 Å². The summed E-state index contributed by atoms with van der Waals surface area (Å²) in [4.78, 5) is 0. The van der Waals surface area contributed by atoms with Crippen LogP contribution >= 0.6 is 0 Å². The fourth-order valence-corrected chi connectivity index (χ4v) is 1.66. The Morgan fingerprint density at radius 2 is 2.00 bits per heavy atom. The van der Waals surface area contributed by atoms with Crippen LogP contribution in [0.1, 0.15) is 24.5 Å². The lowest BCUT2D eigenvalue weighted by molar-refractivity contribution is 0.168. The van der Waals surface area contributed by atoms with Gasteiger partial charge in [-0.25, -0.2) is 0 Å². The number of benzene rings is 1. The Morgan fingerprint density at radius 3 is 2.60 bits per heavy atom. The predicted octanol–water partition coefficient (Wildman–Crippen LogP) is 1.00. The van der Waals surface area contributed by atoms with Crippen LogP contribution in [-0.2, 0) is 0 Å². The Morgan fingerprint density at radius 1 is 1.33 bits per heavy atom. The molecule has 1 aromatic rings. The lowest BCUT2D eigenvalue weighted by atomic mass is 10.1. The van der Waals surface area contributed by atoms with Crippen LogP contribution in [-0.4, -0.2) is 17.8 Å². The minimum Gasteiger partial charge on any atom is -0.387 e. The number of aliphatic hydroxyl groups is 1. The topological polar surface area (TPSA) is 58.3 Å². The third-order valence-corrected chi connectivity index (χ3v) is 2.86. The molecule has 0 radical (unpaired) electrons. The lowest BCUT2D eigenvalue weighted by Gasteiger charge is -2.16. The zero-order chi connectivity index (χ0) is 10.7. The summed E-state index contributed by atoms with van der Waals surface area (Å²) in [5, 5.41) is 13.0. The molecule has 0 unspecified atom stereocenters. The highest BCUT2D eigenvalue weighted by molar-refractivity contribution is 5.17. The van der Waals surface area contributed by atoms with Gasteiger partial charge in [-0.15, -0.1) is 0 Å². The molecule has 0 saturated heterocycles. The van der Waals surface area contributed by atoms with Crippen molar-refractivity contribution in [2.45, 2.75) is 25.1 Å². The van der Waals surface area contributed by atoms with Crippen molar-refractivity contribution in [3.63, 3.8) is 0 Å². The molecule has 2 atom stereocenters. The van der Waals surface area contributed by atoms with E-state index in [9.17, 15) is 5.11 Å². The number of aliphatic hydroxyl groups excluding tert-OH is 1. The third-order valence-electron chi connectivity index (χ3n) is 2.86. The molecule has 1 fully saturated rings. The van der Waals surface area contributed by atoms with Crippen molar-refractivity contribution < 1.29 is 5.11 Å². The molecule has 1 aromatic carbocycles. The molecular weight excluding hydrogens is 188 g/mol. The molecule has 0 aliphatic heterocycles. The summed E-state index contributed by atoms with van der Waals surface area (Å²) < 4.78 is 0. The highest BCUT2D eigenvalue weighted by Crippen LogP contribution is 2.30. The Kier molecular flexibility index (Phi) is 3.36. The maximum atomic E-state index is 9.85. The molecule has 4 N–H and O–H groups in total. The van der Waals surface area contributed by atoms with E-state index in [4.69, 9.17) is 5.73 Å². The first-order chi connectivity index (χ1) is 7.27. The first-order valence-electron chi connectivity index (χ1n) is 5.49. The van der Waals surface area contributed by atoms with Gasteiger partial charge in [-0.3, -0.25) is 5.32 Å². The molecule has 2 rings (SSSR count). The van der Waals surface area contributed by atoms with E-state index in [1.165, 1.54) is 12.8 Å². The van der Waals surface area contributed by atoms with Crippen molar-refractivity contribution in [3.05, 3.63) is 35.9 Å². The molecular formula is C12H18N2O. The fourth-order valence-electron chi connectivity index (χ4n) is 1.66. The molecule has 0 spiro atoms. The number of nitrogens with one attached hydrogen (secondary N) is 1. The Labute approximate surface area is 90.3 Å². The first kappa shape index (κ1) is 10.6. The molecule has 0 bridgehead atoms. The minimum absolute atomic E-state index is 0.0448. The van der Waals surface area contributed by atoms with Gasteiger partial charge in [0.15, 0.2) is 0 Å². The molecule has 0 heterocycles. The second kappa shape index (κ2) is 4.75. The van der Waals surface area contributed by atoms with E-state index >= 15 is 0 Å². The predicted molar refractivity (Wildman–Crippen MR) is 60.1 cm³/mol. The average molecular weight is 206 g/mol. The van der Waals surface area contributed by atoms with Crippen LogP contribution in [0.25, 0.3) is 0 Å². The van der Waals surface area contributed by atoms with E-state index in [0.29, 0.717) is 12.5 Å². The third kappa shape index (κ3) is 3.02. The van der Waals surface area contributed by atoms with Crippen molar-refractivity contribution in [3.8, 4) is 0 Å². The molecule has 0 amide bonds. The SMILES string of the molecule is N[C@@H](NC[C@H](O)c1ccccc1)C1CC1. The van der Waals surface area contributed by atoms with Crippen molar-refractivity contribution in [1.29, 1.82) is 0 Å². The summed E-state index contributed by atoms with van der Waals surface area (Å²) in [6.07, 6.45) is 2.02. The number of rotatable bonds is 5. The monoisotopic (exact) mass is 206 g/mol. The van der Waals surface area contributed by atoms with Crippen LogP contribution in [0.5, 0.6) is 0 Å². The smallest absolute Gasteiger partial charge is 0.0914 e. The van der Waals surface area contributed by atoms with Crippen LogP contribution in [0.2, 0.25) is 0 Å². The molecule has 15 heavy (non-hydrogen) atoms. The van der Waals surface area contributed by atoms with Crippen LogP contribution < -0.4 is 11.1 Å². The number of hydrogen-bond acceptors (Lipinski definition) is 3. The largest absolute Gasteiger partial charge is 0.387 e. The van der Waals surface area contributed by atoms with Gasteiger partial charge < -0.3 is 10.8 Å². The van der Waals surface area contributed by atoms with Gasteiger partial charge >= 0.3 is 0 Å². The van der Waals surface area contributed by atoms with Gasteiger partial charge in [0, 0.05) is 6.54 Å². The standard InChI is InChI=1S/C12H18N2O/c13-12(10-6-7-10)14-8-11(15)9-4-2-1-3-5-9/h1-5,10-12,14-15H,6-8,13H2/t11-,12-/m0/s1. The van der Waals surface area contributed by atoms with Gasteiger partial charge in [0.2, 0.25) is 0 Å². The Hall–Kier alpha value is -0.900. The molecule has 1 saturated carbocycles. The van der Waals surface area contributed by atoms with E-state index in [0.717, 1.165) is 5.56 Å². The van der Waals surface area contributed by atoms with E-state index in [1.54, 1.807) is 0 Å². The average Bonchev–Trinajstić information content (AvgIpc) is 3.10. The van der Waals surface area contributed by atoms with Crippen molar-refractivity contribution in [2.24, 2.45) is 11.7 Å². The summed E-state index contributed by atoms with van der Waals surface area (Å²) in [5.41, 5.74) is 6.82. The lowest BCUT2D eigenvalue weighted by Crippen LogP contribution is -2.41. The second-order valence-electron chi connectivity index (χ2n) is 4.20. The Bertz CT molecular complexity index is 298. The van der Waals surface area contributed by atoms with Crippen LogP contribution in [0, 0.1) is 5.92 Å². The van der Waals surface area contributed by atoms with E-state index in [2.05, 4.69) is 5.32 Å². The number of nitrogens with two attached hydrogens (primary N) is 1. The van der Waals surface area contributed by atoms with Gasteiger partial charge in [-0.05, 0) is 24.3 Å². The summed E-state index contributed by atoms with van der Waals surface area (Å²) >= 11 is 0. The molecule has 3 heteroatoms. The summed E-state index contributed by atoms with van der Waals surface area (Å²) in [6.45, 7) is 0.529. The molecule has 1 aliphatic rings. The summed E-state index contributed by atoms with van der Waals surface area (Å²) in [7, 11) is 0. The Balaban J connectivity index is 1.79. The van der Waals surface area contributed by atoms with E-state index in [1.807, 2.05) is 30.3 Å².